The van der Waals surface area contributed by atoms with Crippen molar-refractivity contribution in [2.75, 3.05) is 0 Å². The van der Waals surface area contributed by atoms with Gasteiger partial charge >= 0.3 is 0 Å². The van der Waals surface area contributed by atoms with Gasteiger partial charge in [-0.15, -0.1) is 0 Å². The number of aromatic hydroxyl groups is 2. The number of rotatable bonds is 4. The number of phenolic OH excluding ortho intramolecular Hbond substituents is 2. The van der Waals surface area contributed by atoms with Gasteiger partial charge in [0.25, 0.3) is 0 Å². The van der Waals surface area contributed by atoms with E-state index in [1.54, 1.807) is 47.8 Å². The maximum atomic E-state index is 9.36. The molecule has 0 bridgehead atoms. The van der Waals surface area contributed by atoms with E-state index in [2.05, 4.69) is 12.1 Å². The Morgan fingerprint density at radius 3 is 1.23 bits per heavy atom. The fourth-order valence-corrected chi connectivity index (χ4v) is 3.83. The SMILES string of the molecule is Oc1ccc(Sc2ccccc2Sc2ccc(O)cc2)cc1. The second kappa shape index (κ2) is 6.81. The van der Waals surface area contributed by atoms with E-state index in [1.165, 1.54) is 0 Å². The van der Waals surface area contributed by atoms with Gasteiger partial charge in [-0.1, -0.05) is 35.7 Å². The van der Waals surface area contributed by atoms with Crippen LogP contribution in [0, 0.1) is 0 Å². The molecule has 3 rings (SSSR count). The van der Waals surface area contributed by atoms with Crippen molar-refractivity contribution in [3.8, 4) is 11.5 Å². The lowest BCUT2D eigenvalue weighted by atomic mass is 10.3. The molecule has 2 nitrogen and oxygen atoms in total. The molecular weight excluding hydrogens is 312 g/mol. The van der Waals surface area contributed by atoms with Crippen LogP contribution < -0.4 is 0 Å². The van der Waals surface area contributed by atoms with Crippen LogP contribution >= 0.6 is 23.5 Å². The van der Waals surface area contributed by atoms with Crippen molar-refractivity contribution in [1.29, 1.82) is 0 Å². The first kappa shape index (κ1) is 14.9. The summed E-state index contributed by atoms with van der Waals surface area (Å²) in [6, 6.07) is 22.6. The van der Waals surface area contributed by atoms with Gasteiger partial charge in [0.15, 0.2) is 0 Å². The second-order valence-corrected chi connectivity index (χ2v) is 6.87. The second-order valence-electron chi connectivity index (χ2n) is 4.64. The number of hydrogen-bond donors (Lipinski definition) is 2. The van der Waals surface area contributed by atoms with E-state index in [4.69, 9.17) is 0 Å². The van der Waals surface area contributed by atoms with Gasteiger partial charge in [-0.25, -0.2) is 0 Å². The Labute approximate surface area is 137 Å². The molecule has 3 aromatic rings. The maximum Gasteiger partial charge on any atom is 0.115 e. The minimum atomic E-state index is 0.274. The fraction of sp³-hybridized carbons (Fsp3) is 0. The molecule has 0 aliphatic rings. The van der Waals surface area contributed by atoms with Gasteiger partial charge < -0.3 is 10.2 Å². The molecule has 0 amide bonds. The lowest BCUT2D eigenvalue weighted by Gasteiger charge is -2.09. The predicted octanol–water partition coefficient (Wildman–Crippen LogP) is 5.40. The lowest BCUT2D eigenvalue weighted by molar-refractivity contribution is 0.474. The van der Waals surface area contributed by atoms with Crippen molar-refractivity contribution in [2.24, 2.45) is 0 Å². The van der Waals surface area contributed by atoms with Crippen molar-refractivity contribution >= 4 is 23.5 Å². The molecule has 2 N–H and O–H groups in total. The van der Waals surface area contributed by atoms with Crippen LogP contribution in [0.2, 0.25) is 0 Å². The quantitative estimate of drug-likeness (QED) is 0.673. The first-order valence-electron chi connectivity index (χ1n) is 6.73. The van der Waals surface area contributed by atoms with E-state index in [1.807, 2.05) is 36.4 Å². The van der Waals surface area contributed by atoms with Crippen molar-refractivity contribution < 1.29 is 10.2 Å². The molecule has 0 saturated heterocycles. The summed E-state index contributed by atoms with van der Waals surface area (Å²) >= 11 is 3.33. The topological polar surface area (TPSA) is 40.5 Å². The summed E-state index contributed by atoms with van der Waals surface area (Å²) in [5.74, 6) is 0.548. The highest BCUT2D eigenvalue weighted by atomic mass is 32.2. The van der Waals surface area contributed by atoms with Gasteiger partial charge in [0.2, 0.25) is 0 Å². The zero-order valence-corrected chi connectivity index (χ0v) is 13.3. The van der Waals surface area contributed by atoms with Gasteiger partial charge in [-0.2, -0.15) is 0 Å². The van der Waals surface area contributed by atoms with Gasteiger partial charge in [0, 0.05) is 19.6 Å². The first-order chi connectivity index (χ1) is 10.7. The van der Waals surface area contributed by atoms with Crippen LogP contribution in [0.4, 0.5) is 0 Å². The highest BCUT2D eigenvalue weighted by Crippen LogP contribution is 2.39. The highest BCUT2D eigenvalue weighted by Gasteiger charge is 2.06. The molecule has 0 atom stereocenters. The molecule has 0 aromatic heterocycles. The summed E-state index contributed by atoms with van der Waals surface area (Å²) in [5.41, 5.74) is 0. The molecule has 0 unspecified atom stereocenters. The fourth-order valence-electron chi connectivity index (χ4n) is 1.90. The van der Waals surface area contributed by atoms with Crippen LogP contribution in [0.1, 0.15) is 0 Å². The Balaban J connectivity index is 1.83. The summed E-state index contributed by atoms with van der Waals surface area (Å²) in [6.07, 6.45) is 0. The Kier molecular flexibility index (Phi) is 4.61. The maximum absolute atomic E-state index is 9.36. The summed E-state index contributed by atoms with van der Waals surface area (Å²) in [4.78, 5) is 4.48. The third-order valence-corrected chi connectivity index (χ3v) is 5.27. The summed E-state index contributed by atoms with van der Waals surface area (Å²) in [5, 5.41) is 18.7. The zero-order valence-electron chi connectivity index (χ0n) is 11.6. The van der Waals surface area contributed by atoms with E-state index in [-0.39, 0.29) is 11.5 Å². The van der Waals surface area contributed by atoms with Crippen molar-refractivity contribution in [1.82, 2.24) is 0 Å². The van der Waals surface area contributed by atoms with Crippen molar-refractivity contribution in [3.63, 3.8) is 0 Å². The molecule has 0 radical (unpaired) electrons. The summed E-state index contributed by atoms with van der Waals surface area (Å²) in [7, 11) is 0. The predicted molar refractivity (Wildman–Crippen MR) is 90.9 cm³/mol. The van der Waals surface area contributed by atoms with E-state index in [0.29, 0.717) is 0 Å². The monoisotopic (exact) mass is 326 g/mol. The Morgan fingerprint density at radius 1 is 0.500 bits per heavy atom. The summed E-state index contributed by atoms with van der Waals surface area (Å²) in [6.45, 7) is 0. The molecule has 0 heterocycles. The number of benzene rings is 3. The van der Waals surface area contributed by atoms with E-state index in [0.717, 1.165) is 19.6 Å². The average Bonchev–Trinajstić information content (AvgIpc) is 2.54. The molecule has 0 fully saturated rings. The molecule has 22 heavy (non-hydrogen) atoms. The minimum Gasteiger partial charge on any atom is -0.508 e. The molecule has 0 saturated carbocycles. The Morgan fingerprint density at radius 2 is 0.864 bits per heavy atom. The van der Waals surface area contributed by atoms with E-state index >= 15 is 0 Å². The van der Waals surface area contributed by atoms with Gasteiger partial charge in [-0.05, 0) is 60.7 Å². The van der Waals surface area contributed by atoms with Crippen molar-refractivity contribution in [2.45, 2.75) is 19.6 Å². The van der Waals surface area contributed by atoms with Crippen LogP contribution in [0.5, 0.6) is 11.5 Å². The van der Waals surface area contributed by atoms with Crippen LogP contribution in [0.3, 0.4) is 0 Å². The van der Waals surface area contributed by atoms with Crippen LogP contribution in [-0.2, 0) is 0 Å². The van der Waals surface area contributed by atoms with Crippen molar-refractivity contribution in [3.05, 3.63) is 72.8 Å². The molecule has 0 spiro atoms. The average molecular weight is 326 g/mol. The van der Waals surface area contributed by atoms with Gasteiger partial charge in [-0.3, -0.25) is 0 Å². The third kappa shape index (κ3) is 3.78. The van der Waals surface area contributed by atoms with Crippen LogP contribution in [0.25, 0.3) is 0 Å². The van der Waals surface area contributed by atoms with Gasteiger partial charge in [0.1, 0.15) is 11.5 Å². The van der Waals surface area contributed by atoms with Crippen LogP contribution in [-0.4, -0.2) is 10.2 Å². The largest absolute Gasteiger partial charge is 0.508 e. The molecule has 0 aliphatic heterocycles. The molecular formula is C18H14O2S2. The zero-order chi connectivity index (χ0) is 15.4. The molecule has 110 valence electrons. The molecule has 0 aliphatic carbocycles. The Bertz CT molecular complexity index is 686. The normalized spacial score (nSPS) is 10.5. The Hall–Kier alpha value is -2.04. The summed E-state index contributed by atoms with van der Waals surface area (Å²) < 4.78 is 0. The van der Waals surface area contributed by atoms with E-state index in [9.17, 15) is 10.2 Å². The smallest absolute Gasteiger partial charge is 0.115 e. The molecule has 3 aromatic carbocycles. The third-order valence-electron chi connectivity index (χ3n) is 2.98. The number of phenols is 2. The number of hydrogen-bond acceptors (Lipinski definition) is 4. The molecule has 4 heteroatoms. The lowest BCUT2D eigenvalue weighted by Crippen LogP contribution is -1.80. The standard InChI is InChI=1S/C18H14O2S2/c19-13-5-9-15(10-6-13)21-17-3-1-2-4-18(17)22-16-11-7-14(20)8-12-16/h1-12,19-20H. The van der Waals surface area contributed by atoms with Crippen LogP contribution in [0.15, 0.2) is 92.4 Å². The highest BCUT2D eigenvalue weighted by molar-refractivity contribution is 8.02. The minimum absolute atomic E-state index is 0.274. The van der Waals surface area contributed by atoms with E-state index < -0.39 is 0 Å². The van der Waals surface area contributed by atoms with Gasteiger partial charge in [0.05, 0.1) is 0 Å². The first-order valence-corrected chi connectivity index (χ1v) is 8.37.